The molecule has 0 aliphatic rings. The van der Waals surface area contributed by atoms with Gasteiger partial charge in [0.25, 0.3) is 5.91 Å². The van der Waals surface area contributed by atoms with Crippen molar-refractivity contribution in [1.82, 2.24) is 14.7 Å². The van der Waals surface area contributed by atoms with Gasteiger partial charge in [-0.05, 0) is 13.8 Å². The van der Waals surface area contributed by atoms with Crippen molar-refractivity contribution in [3.05, 3.63) is 30.1 Å². The minimum Gasteiger partial charge on any atom is -0.335 e. The molecule has 0 unspecified atom stereocenters. The van der Waals surface area contributed by atoms with Gasteiger partial charge in [0.1, 0.15) is 0 Å². The summed E-state index contributed by atoms with van der Waals surface area (Å²) in [5.41, 5.74) is 1.61. The van der Waals surface area contributed by atoms with E-state index in [0.717, 1.165) is 5.57 Å². The summed E-state index contributed by atoms with van der Waals surface area (Å²) in [6.45, 7) is 8.96. The van der Waals surface area contributed by atoms with Crippen LogP contribution in [0, 0.1) is 0 Å². The van der Waals surface area contributed by atoms with Gasteiger partial charge < -0.3 is 4.90 Å². The second kappa shape index (κ2) is 4.77. The molecule has 0 spiro atoms. The third-order valence-electron chi connectivity index (χ3n) is 2.08. The van der Waals surface area contributed by atoms with Gasteiger partial charge in [0.05, 0.1) is 11.8 Å². The number of carbonyl (C=O) groups is 1. The van der Waals surface area contributed by atoms with Crippen molar-refractivity contribution in [3.63, 3.8) is 0 Å². The van der Waals surface area contributed by atoms with E-state index >= 15 is 0 Å². The molecule has 0 aliphatic carbocycles. The summed E-state index contributed by atoms with van der Waals surface area (Å²) in [5.74, 6) is 0.00796. The molecule has 4 heteroatoms. The normalized spacial score (nSPS) is 10.1. The summed E-state index contributed by atoms with van der Waals surface area (Å²) in [5, 5.41) is 3.98. The molecule has 0 saturated heterocycles. The Balaban J connectivity index is 2.77. The van der Waals surface area contributed by atoms with Crippen molar-refractivity contribution < 1.29 is 4.79 Å². The van der Waals surface area contributed by atoms with Crippen LogP contribution in [0.3, 0.4) is 0 Å². The molecule has 1 heterocycles. The molecule has 0 atom stereocenters. The van der Waals surface area contributed by atoms with E-state index in [2.05, 4.69) is 11.7 Å². The molecule has 0 aliphatic heterocycles. The molecule has 1 rings (SSSR count). The monoisotopic (exact) mass is 207 g/mol. The topological polar surface area (TPSA) is 38.1 Å². The number of rotatable bonds is 4. The number of amides is 1. The standard InChI is InChI=1S/C11H17N3O/c1-5-14(7-9(2)3)11(15)10-6-12-13(4)8-10/h6,8H,2,5,7H2,1,3-4H3. The lowest BCUT2D eigenvalue weighted by Crippen LogP contribution is -2.31. The molecule has 15 heavy (non-hydrogen) atoms. The zero-order valence-electron chi connectivity index (χ0n) is 9.53. The lowest BCUT2D eigenvalue weighted by molar-refractivity contribution is 0.0778. The Morgan fingerprint density at radius 3 is 2.73 bits per heavy atom. The number of hydrogen-bond acceptors (Lipinski definition) is 2. The Labute approximate surface area is 90.2 Å². The first-order valence-electron chi connectivity index (χ1n) is 4.97. The number of carbonyl (C=O) groups excluding carboxylic acids is 1. The van der Waals surface area contributed by atoms with Crippen molar-refractivity contribution in [3.8, 4) is 0 Å². The van der Waals surface area contributed by atoms with Crippen LogP contribution in [-0.4, -0.2) is 33.7 Å². The second-order valence-electron chi connectivity index (χ2n) is 3.68. The highest BCUT2D eigenvalue weighted by atomic mass is 16.2. The summed E-state index contributed by atoms with van der Waals surface area (Å²) in [6.07, 6.45) is 3.31. The van der Waals surface area contributed by atoms with E-state index in [4.69, 9.17) is 0 Å². The van der Waals surface area contributed by atoms with Crippen LogP contribution in [0.2, 0.25) is 0 Å². The zero-order valence-corrected chi connectivity index (χ0v) is 9.53. The minimum absolute atomic E-state index is 0.00796. The maximum Gasteiger partial charge on any atom is 0.257 e. The van der Waals surface area contributed by atoms with Crippen molar-refractivity contribution in [2.24, 2.45) is 7.05 Å². The third kappa shape index (κ3) is 2.94. The van der Waals surface area contributed by atoms with Crippen molar-refractivity contribution in [2.45, 2.75) is 13.8 Å². The molecule has 1 aromatic heterocycles. The lowest BCUT2D eigenvalue weighted by atomic mass is 10.2. The maximum absolute atomic E-state index is 12.0. The molecule has 82 valence electrons. The van der Waals surface area contributed by atoms with Gasteiger partial charge >= 0.3 is 0 Å². The Bertz CT molecular complexity index is 368. The van der Waals surface area contributed by atoms with E-state index in [0.29, 0.717) is 18.7 Å². The van der Waals surface area contributed by atoms with Gasteiger partial charge in [-0.1, -0.05) is 12.2 Å². The average Bonchev–Trinajstić information content (AvgIpc) is 2.60. The van der Waals surface area contributed by atoms with Crippen molar-refractivity contribution in [2.75, 3.05) is 13.1 Å². The van der Waals surface area contributed by atoms with Gasteiger partial charge in [-0.25, -0.2) is 0 Å². The van der Waals surface area contributed by atoms with E-state index in [-0.39, 0.29) is 5.91 Å². The van der Waals surface area contributed by atoms with Crippen LogP contribution in [0.5, 0.6) is 0 Å². The summed E-state index contributed by atoms with van der Waals surface area (Å²) in [4.78, 5) is 13.7. The van der Waals surface area contributed by atoms with Gasteiger partial charge in [0.2, 0.25) is 0 Å². The molecule has 0 saturated carbocycles. The molecule has 4 nitrogen and oxygen atoms in total. The first kappa shape index (κ1) is 11.5. The van der Waals surface area contributed by atoms with Crippen LogP contribution in [0.4, 0.5) is 0 Å². The molecule has 1 aromatic rings. The smallest absolute Gasteiger partial charge is 0.257 e. The van der Waals surface area contributed by atoms with Crippen molar-refractivity contribution >= 4 is 5.91 Å². The van der Waals surface area contributed by atoms with Gasteiger partial charge in [0, 0.05) is 26.3 Å². The summed E-state index contributed by atoms with van der Waals surface area (Å²) < 4.78 is 1.63. The van der Waals surface area contributed by atoms with Crippen LogP contribution in [-0.2, 0) is 7.05 Å². The molecule has 1 amide bonds. The van der Waals surface area contributed by atoms with Crippen LogP contribution in [0.15, 0.2) is 24.5 Å². The fourth-order valence-electron chi connectivity index (χ4n) is 1.37. The van der Waals surface area contributed by atoms with Gasteiger partial charge in [0.15, 0.2) is 0 Å². The average molecular weight is 207 g/mol. The minimum atomic E-state index is 0.00796. The summed E-state index contributed by atoms with van der Waals surface area (Å²) >= 11 is 0. The number of aromatic nitrogens is 2. The summed E-state index contributed by atoms with van der Waals surface area (Å²) in [7, 11) is 1.80. The SMILES string of the molecule is C=C(C)CN(CC)C(=O)c1cnn(C)c1. The van der Waals surface area contributed by atoms with Gasteiger partial charge in [-0.3, -0.25) is 9.48 Å². The molecule has 0 radical (unpaired) electrons. The predicted molar refractivity (Wildman–Crippen MR) is 59.6 cm³/mol. The van der Waals surface area contributed by atoms with Gasteiger partial charge in [-0.15, -0.1) is 0 Å². The number of nitrogens with zero attached hydrogens (tertiary/aromatic N) is 3. The largest absolute Gasteiger partial charge is 0.335 e. The van der Waals surface area contributed by atoms with Gasteiger partial charge in [-0.2, -0.15) is 5.10 Å². The van der Waals surface area contributed by atoms with E-state index in [9.17, 15) is 4.79 Å². The molecule has 0 aromatic carbocycles. The highest BCUT2D eigenvalue weighted by molar-refractivity contribution is 5.93. The number of likely N-dealkylation sites (N-methyl/N-ethyl adjacent to an activating group) is 1. The van der Waals surface area contributed by atoms with E-state index in [1.165, 1.54) is 0 Å². The van der Waals surface area contributed by atoms with E-state index in [1.54, 1.807) is 29.0 Å². The Morgan fingerprint density at radius 1 is 1.67 bits per heavy atom. The molecule has 0 N–H and O–H groups in total. The third-order valence-corrected chi connectivity index (χ3v) is 2.08. The first-order chi connectivity index (χ1) is 7.04. The maximum atomic E-state index is 12.0. The second-order valence-corrected chi connectivity index (χ2v) is 3.68. The Morgan fingerprint density at radius 2 is 2.33 bits per heavy atom. The highest BCUT2D eigenvalue weighted by Crippen LogP contribution is 2.05. The Kier molecular flexibility index (Phi) is 3.66. The molecular formula is C11H17N3O. The zero-order chi connectivity index (χ0) is 11.4. The number of hydrogen-bond donors (Lipinski definition) is 0. The summed E-state index contributed by atoms with van der Waals surface area (Å²) in [6, 6.07) is 0. The van der Waals surface area contributed by atoms with Crippen molar-refractivity contribution in [1.29, 1.82) is 0 Å². The van der Waals surface area contributed by atoms with Crippen LogP contribution in [0.1, 0.15) is 24.2 Å². The molecular weight excluding hydrogens is 190 g/mol. The fraction of sp³-hybridized carbons (Fsp3) is 0.455. The lowest BCUT2D eigenvalue weighted by Gasteiger charge is -2.19. The van der Waals surface area contributed by atoms with Crippen LogP contribution >= 0.6 is 0 Å². The molecule has 0 bridgehead atoms. The predicted octanol–water partition coefficient (Wildman–Crippen LogP) is 1.46. The van der Waals surface area contributed by atoms with E-state index in [1.807, 2.05) is 13.8 Å². The molecule has 0 fully saturated rings. The number of aryl methyl sites for hydroxylation is 1. The van der Waals surface area contributed by atoms with Crippen LogP contribution < -0.4 is 0 Å². The van der Waals surface area contributed by atoms with E-state index < -0.39 is 0 Å². The Hall–Kier alpha value is -1.58. The highest BCUT2D eigenvalue weighted by Gasteiger charge is 2.15. The van der Waals surface area contributed by atoms with Crippen LogP contribution in [0.25, 0.3) is 0 Å². The first-order valence-corrected chi connectivity index (χ1v) is 4.97. The quantitative estimate of drug-likeness (QED) is 0.701. The fourth-order valence-corrected chi connectivity index (χ4v) is 1.37.